The first-order valence-corrected chi connectivity index (χ1v) is 7.67. The van der Waals surface area contributed by atoms with E-state index >= 15 is 0 Å². The minimum absolute atomic E-state index is 0.597. The van der Waals surface area contributed by atoms with Gasteiger partial charge >= 0.3 is 0 Å². The molecule has 0 aromatic heterocycles. The van der Waals surface area contributed by atoms with Gasteiger partial charge in [0, 0.05) is 13.1 Å². The first-order chi connectivity index (χ1) is 9.56. The number of hydrogen-bond acceptors (Lipinski definition) is 1. The van der Waals surface area contributed by atoms with Crippen LogP contribution in [0.2, 0.25) is 0 Å². The molecule has 3 nitrogen and oxygen atoms in total. The Labute approximate surface area is 122 Å². The lowest BCUT2D eigenvalue weighted by Crippen LogP contribution is -2.34. The van der Waals surface area contributed by atoms with Crippen LogP contribution >= 0.6 is 0 Å². The molecule has 0 unspecified atom stereocenters. The maximum atomic E-state index is 5.90. The highest BCUT2D eigenvalue weighted by Crippen LogP contribution is 2.26. The third-order valence-corrected chi connectivity index (χ3v) is 4.27. The number of aliphatic imine (C=N–C) groups is 1. The fraction of sp³-hybridized carbons (Fsp3) is 0.588. The van der Waals surface area contributed by atoms with Gasteiger partial charge in [0.25, 0.3) is 0 Å². The molecule has 0 spiro atoms. The molecule has 1 aliphatic carbocycles. The highest BCUT2D eigenvalue weighted by atomic mass is 15.1. The predicted molar refractivity (Wildman–Crippen MR) is 86.2 cm³/mol. The van der Waals surface area contributed by atoms with Crippen LogP contribution in [0, 0.1) is 26.7 Å². The van der Waals surface area contributed by atoms with E-state index < -0.39 is 0 Å². The molecule has 0 saturated heterocycles. The van der Waals surface area contributed by atoms with Crippen LogP contribution in [0.4, 0.5) is 0 Å². The lowest BCUT2D eigenvalue weighted by Gasteiger charge is -2.23. The summed E-state index contributed by atoms with van der Waals surface area (Å²) in [5, 5.41) is 3.23. The van der Waals surface area contributed by atoms with E-state index in [1.54, 1.807) is 0 Å². The van der Waals surface area contributed by atoms with E-state index in [-0.39, 0.29) is 0 Å². The molecule has 1 aromatic rings. The van der Waals surface area contributed by atoms with Crippen LogP contribution in [0.1, 0.15) is 41.5 Å². The van der Waals surface area contributed by atoms with E-state index in [0.29, 0.717) is 5.96 Å². The number of nitrogens with one attached hydrogen (secondary N) is 1. The van der Waals surface area contributed by atoms with Crippen LogP contribution < -0.4 is 11.1 Å². The molecule has 0 radical (unpaired) electrons. The highest BCUT2D eigenvalue weighted by Gasteiger charge is 2.16. The second-order valence-corrected chi connectivity index (χ2v) is 6.08. The number of aryl methyl sites for hydroxylation is 3. The second kappa shape index (κ2) is 6.78. The minimum Gasteiger partial charge on any atom is -0.370 e. The van der Waals surface area contributed by atoms with Crippen LogP contribution in [0.3, 0.4) is 0 Å². The molecule has 0 atom stereocenters. The number of guanidine groups is 1. The van der Waals surface area contributed by atoms with Gasteiger partial charge in [0.2, 0.25) is 0 Å². The van der Waals surface area contributed by atoms with Gasteiger partial charge in [-0.25, -0.2) is 0 Å². The van der Waals surface area contributed by atoms with Gasteiger partial charge in [-0.1, -0.05) is 24.1 Å². The first kappa shape index (κ1) is 14.9. The zero-order valence-electron chi connectivity index (χ0n) is 13.0. The van der Waals surface area contributed by atoms with E-state index in [1.807, 2.05) is 0 Å². The van der Waals surface area contributed by atoms with E-state index in [9.17, 15) is 0 Å². The molecular weight excluding hydrogens is 246 g/mol. The normalized spacial score (nSPS) is 16.1. The quantitative estimate of drug-likeness (QED) is 0.640. The molecular formula is C17H27N3. The largest absolute Gasteiger partial charge is 0.370 e. The number of nitrogens with two attached hydrogens (primary N) is 1. The third kappa shape index (κ3) is 3.99. The predicted octanol–water partition coefficient (Wildman–Crippen LogP) is 2.86. The summed E-state index contributed by atoms with van der Waals surface area (Å²) < 4.78 is 0. The monoisotopic (exact) mass is 273 g/mol. The summed E-state index contributed by atoms with van der Waals surface area (Å²) in [5.74, 6) is 1.37. The molecule has 3 heteroatoms. The summed E-state index contributed by atoms with van der Waals surface area (Å²) in [6, 6.07) is 4.49. The molecule has 1 fully saturated rings. The van der Waals surface area contributed by atoms with Crippen molar-refractivity contribution in [1.29, 1.82) is 0 Å². The molecule has 0 bridgehead atoms. The van der Waals surface area contributed by atoms with E-state index in [0.717, 1.165) is 25.4 Å². The Morgan fingerprint density at radius 3 is 2.45 bits per heavy atom. The van der Waals surface area contributed by atoms with Gasteiger partial charge in [0.1, 0.15) is 0 Å². The first-order valence-electron chi connectivity index (χ1n) is 7.67. The summed E-state index contributed by atoms with van der Waals surface area (Å²) in [4.78, 5) is 4.42. The Morgan fingerprint density at radius 2 is 1.90 bits per heavy atom. The van der Waals surface area contributed by atoms with Crippen molar-refractivity contribution >= 4 is 5.96 Å². The van der Waals surface area contributed by atoms with Crippen molar-refractivity contribution in [2.75, 3.05) is 13.1 Å². The van der Waals surface area contributed by atoms with Crippen LogP contribution in [-0.2, 0) is 6.42 Å². The smallest absolute Gasteiger partial charge is 0.188 e. The van der Waals surface area contributed by atoms with Crippen molar-refractivity contribution < 1.29 is 0 Å². The SMILES string of the molecule is Cc1cc(C)c(CCNC(N)=NCC2CCC2)c(C)c1. The number of rotatable bonds is 5. The molecule has 3 N–H and O–H groups in total. The van der Waals surface area contributed by atoms with Crippen molar-refractivity contribution in [1.82, 2.24) is 5.32 Å². The Balaban J connectivity index is 1.80. The van der Waals surface area contributed by atoms with Crippen molar-refractivity contribution in [3.8, 4) is 0 Å². The lowest BCUT2D eigenvalue weighted by atomic mass is 9.86. The minimum atomic E-state index is 0.597. The maximum absolute atomic E-state index is 5.90. The van der Waals surface area contributed by atoms with Crippen molar-refractivity contribution in [3.63, 3.8) is 0 Å². The van der Waals surface area contributed by atoms with Gasteiger partial charge < -0.3 is 11.1 Å². The summed E-state index contributed by atoms with van der Waals surface area (Å²) in [7, 11) is 0. The average Bonchev–Trinajstić information content (AvgIpc) is 2.30. The Morgan fingerprint density at radius 1 is 1.25 bits per heavy atom. The molecule has 1 aromatic carbocycles. The second-order valence-electron chi connectivity index (χ2n) is 6.08. The molecule has 20 heavy (non-hydrogen) atoms. The molecule has 2 rings (SSSR count). The average molecular weight is 273 g/mol. The van der Waals surface area contributed by atoms with Crippen LogP contribution in [0.15, 0.2) is 17.1 Å². The van der Waals surface area contributed by atoms with E-state index in [2.05, 4.69) is 43.2 Å². The molecule has 0 amide bonds. The molecule has 110 valence electrons. The molecule has 0 heterocycles. The summed E-state index contributed by atoms with van der Waals surface area (Å²) in [5.41, 5.74) is 11.4. The number of hydrogen-bond donors (Lipinski definition) is 2. The molecule has 1 aliphatic rings. The Bertz CT molecular complexity index is 464. The highest BCUT2D eigenvalue weighted by molar-refractivity contribution is 5.77. The van der Waals surface area contributed by atoms with Gasteiger partial charge in [0.15, 0.2) is 5.96 Å². The fourth-order valence-corrected chi connectivity index (χ4v) is 2.88. The number of benzene rings is 1. The van der Waals surface area contributed by atoms with Gasteiger partial charge in [0.05, 0.1) is 0 Å². The van der Waals surface area contributed by atoms with Crippen LogP contribution in [0.5, 0.6) is 0 Å². The topological polar surface area (TPSA) is 50.4 Å². The van der Waals surface area contributed by atoms with Gasteiger partial charge in [-0.05, 0) is 62.6 Å². The summed E-state index contributed by atoms with van der Waals surface area (Å²) in [6.07, 6.45) is 4.99. The van der Waals surface area contributed by atoms with Gasteiger partial charge in [-0.3, -0.25) is 4.99 Å². The zero-order valence-corrected chi connectivity index (χ0v) is 13.0. The third-order valence-electron chi connectivity index (χ3n) is 4.27. The van der Waals surface area contributed by atoms with E-state index in [4.69, 9.17) is 5.73 Å². The Kier molecular flexibility index (Phi) is 5.05. The standard InChI is InChI=1S/C17H27N3/c1-12-9-13(2)16(14(3)10-12)7-8-19-17(18)20-11-15-5-4-6-15/h9-10,15H,4-8,11H2,1-3H3,(H3,18,19,20). The summed E-state index contributed by atoms with van der Waals surface area (Å²) >= 11 is 0. The van der Waals surface area contributed by atoms with Gasteiger partial charge in [-0.15, -0.1) is 0 Å². The van der Waals surface area contributed by atoms with Crippen LogP contribution in [0.25, 0.3) is 0 Å². The van der Waals surface area contributed by atoms with Gasteiger partial charge in [-0.2, -0.15) is 0 Å². The summed E-state index contributed by atoms with van der Waals surface area (Å²) in [6.45, 7) is 8.26. The lowest BCUT2D eigenvalue weighted by molar-refractivity contribution is 0.326. The van der Waals surface area contributed by atoms with Crippen molar-refractivity contribution in [2.45, 2.75) is 46.5 Å². The van der Waals surface area contributed by atoms with Crippen molar-refractivity contribution in [3.05, 3.63) is 34.4 Å². The maximum Gasteiger partial charge on any atom is 0.188 e. The molecule has 0 aliphatic heterocycles. The molecule has 1 saturated carbocycles. The van der Waals surface area contributed by atoms with E-state index in [1.165, 1.54) is 41.5 Å². The van der Waals surface area contributed by atoms with Crippen LogP contribution in [-0.4, -0.2) is 19.0 Å². The van der Waals surface area contributed by atoms with Crippen molar-refractivity contribution in [2.24, 2.45) is 16.6 Å². The fourth-order valence-electron chi connectivity index (χ4n) is 2.88. The number of nitrogens with zero attached hydrogens (tertiary/aromatic N) is 1. The zero-order chi connectivity index (χ0) is 14.5. The Hall–Kier alpha value is -1.51.